The Morgan fingerprint density at radius 1 is 1.54 bits per heavy atom. The number of hydrogen-bond donors (Lipinski definition) is 1. The van der Waals surface area contributed by atoms with Crippen molar-refractivity contribution < 1.29 is 9.90 Å². The molecule has 0 aromatic rings. The van der Waals surface area contributed by atoms with Crippen molar-refractivity contribution in [2.75, 3.05) is 11.5 Å². The summed E-state index contributed by atoms with van der Waals surface area (Å²) in [7, 11) is 0. The fraction of sp³-hybridized carbons (Fsp3) is 0.900. The van der Waals surface area contributed by atoms with E-state index in [0.29, 0.717) is 5.92 Å². The van der Waals surface area contributed by atoms with Crippen molar-refractivity contribution in [1.29, 1.82) is 0 Å². The molecule has 3 heteroatoms. The molecule has 0 aliphatic heterocycles. The molecule has 0 heterocycles. The lowest BCUT2D eigenvalue weighted by molar-refractivity contribution is -0.142. The van der Waals surface area contributed by atoms with Gasteiger partial charge in [0, 0.05) is 0 Å². The first-order valence-electron chi connectivity index (χ1n) is 5.06. The van der Waals surface area contributed by atoms with E-state index in [0.717, 1.165) is 37.2 Å². The second-order valence-corrected chi connectivity index (χ2v) is 5.02. The lowest BCUT2D eigenvalue weighted by Crippen LogP contribution is -2.18. The van der Waals surface area contributed by atoms with Crippen LogP contribution in [0.25, 0.3) is 0 Å². The van der Waals surface area contributed by atoms with Gasteiger partial charge in [-0.3, -0.25) is 4.79 Å². The maximum absolute atomic E-state index is 10.8. The molecule has 0 spiro atoms. The van der Waals surface area contributed by atoms with E-state index in [4.69, 9.17) is 5.11 Å². The van der Waals surface area contributed by atoms with Gasteiger partial charge >= 0.3 is 5.97 Å². The Labute approximate surface area is 84.1 Å². The second kappa shape index (κ2) is 5.53. The van der Waals surface area contributed by atoms with Gasteiger partial charge in [0.1, 0.15) is 0 Å². The summed E-state index contributed by atoms with van der Waals surface area (Å²) in [5.41, 5.74) is 0. The van der Waals surface area contributed by atoms with E-state index < -0.39 is 5.97 Å². The number of rotatable bonds is 5. The molecule has 1 saturated carbocycles. The van der Waals surface area contributed by atoms with Gasteiger partial charge in [0.25, 0.3) is 0 Å². The topological polar surface area (TPSA) is 37.3 Å². The highest BCUT2D eigenvalue weighted by Gasteiger charge is 2.31. The van der Waals surface area contributed by atoms with Crippen molar-refractivity contribution in [2.24, 2.45) is 11.8 Å². The molecule has 1 fully saturated rings. The van der Waals surface area contributed by atoms with Gasteiger partial charge < -0.3 is 5.11 Å². The smallest absolute Gasteiger partial charge is 0.306 e. The number of hydrogen-bond acceptors (Lipinski definition) is 2. The number of aliphatic carboxylic acids is 1. The van der Waals surface area contributed by atoms with Crippen molar-refractivity contribution in [3.63, 3.8) is 0 Å². The molecule has 1 N–H and O–H groups in total. The summed E-state index contributed by atoms with van der Waals surface area (Å²) >= 11 is 1.92. The quantitative estimate of drug-likeness (QED) is 0.696. The molecule has 13 heavy (non-hydrogen) atoms. The summed E-state index contributed by atoms with van der Waals surface area (Å²) in [6.07, 6.45) is 4.23. The minimum absolute atomic E-state index is 0.0440. The third-order valence-corrected chi connectivity index (χ3v) is 3.75. The molecule has 0 amide bonds. The Kier molecular flexibility index (Phi) is 4.64. The molecule has 2 atom stereocenters. The first-order chi connectivity index (χ1) is 6.25. The van der Waals surface area contributed by atoms with Gasteiger partial charge in [-0.05, 0) is 36.7 Å². The van der Waals surface area contributed by atoms with Crippen LogP contribution in [-0.2, 0) is 4.79 Å². The molecule has 0 aromatic carbocycles. The number of carboxylic acid groups (broad SMARTS) is 1. The van der Waals surface area contributed by atoms with Gasteiger partial charge in [-0.25, -0.2) is 0 Å². The Hall–Kier alpha value is -0.180. The van der Waals surface area contributed by atoms with E-state index in [1.165, 1.54) is 0 Å². The number of thioether (sulfide) groups is 1. The van der Waals surface area contributed by atoms with Crippen LogP contribution in [0.3, 0.4) is 0 Å². The molecule has 0 saturated heterocycles. The Morgan fingerprint density at radius 3 is 2.92 bits per heavy atom. The molecule has 0 radical (unpaired) electrons. The van der Waals surface area contributed by atoms with Crippen LogP contribution in [0.4, 0.5) is 0 Å². The van der Waals surface area contributed by atoms with Crippen LogP contribution >= 0.6 is 11.8 Å². The summed E-state index contributed by atoms with van der Waals surface area (Å²) in [6, 6.07) is 0. The monoisotopic (exact) mass is 202 g/mol. The normalized spacial score (nSPS) is 27.8. The van der Waals surface area contributed by atoms with Crippen molar-refractivity contribution in [3.05, 3.63) is 0 Å². The van der Waals surface area contributed by atoms with Gasteiger partial charge in [-0.2, -0.15) is 11.8 Å². The minimum Gasteiger partial charge on any atom is -0.481 e. The van der Waals surface area contributed by atoms with E-state index in [9.17, 15) is 4.79 Å². The van der Waals surface area contributed by atoms with E-state index >= 15 is 0 Å². The van der Waals surface area contributed by atoms with Crippen molar-refractivity contribution >= 4 is 17.7 Å². The van der Waals surface area contributed by atoms with Crippen molar-refractivity contribution in [2.45, 2.75) is 32.6 Å². The van der Waals surface area contributed by atoms with E-state index in [1.807, 2.05) is 11.8 Å². The van der Waals surface area contributed by atoms with Crippen LogP contribution in [0, 0.1) is 11.8 Å². The Morgan fingerprint density at radius 2 is 2.31 bits per heavy atom. The van der Waals surface area contributed by atoms with Gasteiger partial charge in [0.05, 0.1) is 5.92 Å². The fourth-order valence-corrected chi connectivity index (χ4v) is 2.84. The van der Waals surface area contributed by atoms with Gasteiger partial charge in [-0.1, -0.05) is 13.3 Å². The standard InChI is InChI=1S/C10H18O2S/c1-2-13-7-6-8-4-3-5-9(8)10(11)12/h8-9H,2-7H2,1H3,(H,11,12). The van der Waals surface area contributed by atoms with Gasteiger partial charge in [-0.15, -0.1) is 0 Å². The molecule has 2 unspecified atom stereocenters. The molecule has 0 aromatic heterocycles. The molecule has 1 aliphatic rings. The largest absolute Gasteiger partial charge is 0.481 e. The molecular formula is C10H18O2S. The van der Waals surface area contributed by atoms with Crippen molar-refractivity contribution in [3.8, 4) is 0 Å². The van der Waals surface area contributed by atoms with Gasteiger partial charge in [0.2, 0.25) is 0 Å². The molecule has 1 rings (SSSR count). The first-order valence-corrected chi connectivity index (χ1v) is 6.21. The zero-order valence-corrected chi connectivity index (χ0v) is 8.98. The SMILES string of the molecule is CCSCCC1CCCC1C(=O)O. The Balaban J connectivity index is 2.27. The lowest BCUT2D eigenvalue weighted by atomic mass is 9.94. The summed E-state index contributed by atoms with van der Waals surface area (Å²) in [4.78, 5) is 10.8. The molecular weight excluding hydrogens is 184 g/mol. The van der Waals surface area contributed by atoms with Crippen LogP contribution in [0.15, 0.2) is 0 Å². The van der Waals surface area contributed by atoms with Crippen LogP contribution in [0.5, 0.6) is 0 Å². The predicted molar refractivity (Wildman–Crippen MR) is 56.1 cm³/mol. The second-order valence-electron chi connectivity index (χ2n) is 3.62. The van der Waals surface area contributed by atoms with Crippen LogP contribution in [0.2, 0.25) is 0 Å². The third-order valence-electron chi connectivity index (χ3n) is 2.81. The average molecular weight is 202 g/mol. The molecule has 2 nitrogen and oxygen atoms in total. The molecule has 1 aliphatic carbocycles. The lowest BCUT2D eigenvalue weighted by Gasteiger charge is -2.14. The maximum atomic E-state index is 10.8. The third kappa shape index (κ3) is 3.22. The highest BCUT2D eigenvalue weighted by molar-refractivity contribution is 7.99. The zero-order chi connectivity index (χ0) is 9.68. The van der Waals surface area contributed by atoms with Crippen LogP contribution in [-0.4, -0.2) is 22.6 Å². The van der Waals surface area contributed by atoms with Crippen LogP contribution < -0.4 is 0 Å². The fourth-order valence-electron chi connectivity index (χ4n) is 2.09. The minimum atomic E-state index is -0.580. The average Bonchev–Trinajstić information content (AvgIpc) is 2.53. The van der Waals surface area contributed by atoms with E-state index in [-0.39, 0.29) is 5.92 Å². The summed E-state index contributed by atoms with van der Waals surface area (Å²) in [5.74, 6) is 2.10. The zero-order valence-electron chi connectivity index (χ0n) is 8.16. The van der Waals surface area contributed by atoms with Crippen molar-refractivity contribution in [1.82, 2.24) is 0 Å². The Bertz CT molecular complexity index is 170. The highest BCUT2D eigenvalue weighted by atomic mass is 32.2. The summed E-state index contributed by atoms with van der Waals surface area (Å²) in [5, 5.41) is 8.93. The van der Waals surface area contributed by atoms with Gasteiger partial charge in [0.15, 0.2) is 0 Å². The summed E-state index contributed by atoms with van der Waals surface area (Å²) < 4.78 is 0. The van der Waals surface area contributed by atoms with E-state index in [2.05, 4.69) is 6.92 Å². The number of carboxylic acids is 1. The predicted octanol–water partition coefficient (Wildman–Crippen LogP) is 2.63. The summed E-state index contributed by atoms with van der Waals surface area (Å²) in [6.45, 7) is 2.15. The molecule has 0 bridgehead atoms. The van der Waals surface area contributed by atoms with Crippen LogP contribution in [0.1, 0.15) is 32.6 Å². The molecule has 76 valence electrons. The first kappa shape index (κ1) is 10.9. The highest BCUT2D eigenvalue weighted by Crippen LogP contribution is 2.34. The maximum Gasteiger partial charge on any atom is 0.306 e. The van der Waals surface area contributed by atoms with E-state index in [1.54, 1.807) is 0 Å². The number of carbonyl (C=O) groups is 1.